The molecule has 0 atom stereocenters. The first kappa shape index (κ1) is 27.4. The van der Waals surface area contributed by atoms with Gasteiger partial charge in [0.05, 0.1) is 11.7 Å². The monoisotopic (exact) mass is 576 g/mol. The number of rotatable bonds is 11. The maximum atomic E-state index is 11.7. The highest BCUT2D eigenvalue weighted by Gasteiger charge is 2.12. The average molecular weight is 577 g/mol. The number of aromatic nitrogens is 3. The van der Waals surface area contributed by atoms with Crippen LogP contribution in [0.4, 0.5) is 5.82 Å². The molecule has 42 heavy (non-hydrogen) atoms. The van der Waals surface area contributed by atoms with E-state index in [1.807, 2.05) is 36.4 Å². The number of primary amides is 1. The molecule has 0 aliphatic carbocycles. The standard InChI is InChI=1S/C33H29ClN6O2/c34-29-16-21(6-8-25(29)22-4-2-1-3-5-22)18-36-14-12-31-39-19-24(42-31)10-15-38-33-27-11-13-37-20-28(27)26-9-7-23(32(35)41)17-30(26)40-33/h1-9,11,13,16-17,19-20,36H,10,12,14-15,18H2,(H2,35,41)(H,38,40). The van der Waals surface area contributed by atoms with Gasteiger partial charge in [-0.15, -0.1) is 0 Å². The molecule has 0 aliphatic heterocycles. The number of nitrogens with one attached hydrogen (secondary N) is 2. The number of nitrogens with two attached hydrogens (primary N) is 1. The summed E-state index contributed by atoms with van der Waals surface area (Å²) < 4.78 is 5.96. The van der Waals surface area contributed by atoms with Crippen molar-refractivity contribution in [1.82, 2.24) is 20.3 Å². The van der Waals surface area contributed by atoms with Gasteiger partial charge in [-0.3, -0.25) is 9.78 Å². The molecule has 8 nitrogen and oxygen atoms in total. The molecule has 0 saturated carbocycles. The minimum atomic E-state index is -0.488. The number of nitrogens with zero attached hydrogens (tertiary/aromatic N) is 3. The molecule has 0 radical (unpaired) electrons. The van der Waals surface area contributed by atoms with Crippen molar-refractivity contribution in [2.75, 3.05) is 18.4 Å². The third kappa shape index (κ3) is 6.10. The van der Waals surface area contributed by atoms with Crippen molar-refractivity contribution in [3.8, 4) is 11.1 Å². The summed E-state index contributed by atoms with van der Waals surface area (Å²) in [5, 5.41) is 10.4. The highest BCUT2D eigenvalue weighted by atomic mass is 35.5. The lowest BCUT2D eigenvalue weighted by molar-refractivity contribution is 0.100. The van der Waals surface area contributed by atoms with Crippen LogP contribution in [0.25, 0.3) is 32.8 Å². The van der Waals surface area contributed by atoms with E-state index in [-0.39, 0.29) is 0 Å². The van der Waals surface area contributed by atoms with Crippen LogP contribution >= 0.6 is 11.6 Å². The maximum absolute atomic E-state index is 11.7. The highest BCUT2D eigenvalue weighted by Crippen LogP contribution is 2.30. The highest BCUT2D eigenvalue weighted by molar-refractivity contribution is 6.33. The fourth-order valence-corrected chi connectivity index (χ4v) is 5.28. The maximum Gasteiger partial charge on any atom is 0.248 e. The van der Waals surface area contributed by atoms with Crippen molar-refractivity contribution in [3.63, 3.8) is 0 Å². The fraction of sp³-hybridized carbons (Fsp3) is 0.152. The number of benzene rings is 3. The van der Waals surface area contributed by atoms with Gasteiger partial charge in [0.15, 0.2) is 5.89 Å². The van der Waals surface area contributed by atoms with Gasteiger partial charge in [0.1, 0.15) is 11.6 Å². The molecule has 0 saturated heterocycles. The molecule has 210 valence electrons. The van der Waals surface area contributed by atoms with Crippen molar-refractivity contribution >= 4 is 45.0 Å². The summed E-state index contributed by atoms with van der Waals surface area (Å²) in [5.41, 5.74) is 9.83. The number of halogens is 1. The Morgan fingerprint density at radius 3 is 2.62 bits per heavy atom. The lowest BCUT2D eigenvalue weighted by atomic mass is 10.0. The lowest BCUT2D eigenvalue weighted by Crippen LogP contribution is -2.16. The first-order chi connectivity index (χ1) is 20.5. The second kappa shape index (κ2) is 12.4. The van der Waals surface area contributed by atoms with Crippen molar-refractivity contribution in [2.45, 2.75) is 19.4 Å². The molecule has 4 N–H and O–H groups in total. The number of hydrogen-bond donors (Lipinski definition) is 3. The zero-order valence-electron chi connectivity index (χ0n) is 22.8. The second-order valence-corrected chi connectivity index (χ2v) is 10.4. The molecule has 0 unspecified atom stereocenters. The van der Waals surface area contributed by atoms with E-state index in [9.17, 15) is 4.79 Å². The van der Waals surface area contributed by atoms with E-state index in [2.05, 4.69) is 44.9 Å². The summed E-state index contributed by atoms with van der Waals surface area (Å²) >= 11 is 6.55. The van der Waals surface area contributed by atoms with Crippen LogP contribution in [-0.4, -0.2) is 33.9 Å². The minimum absolute atomic E-state index is 0.414. The summed E-state index contributed by atoms with van der Waals surface area (Å²) in [4.78, 5) is 25.2. The smallest absolute Gasteiger partial charge is 0.248 e. The van der Waals surface area contributed by atoms with Gasteiger partial charge in [-0.2, -0.15) is 0 Å². The number of pyridine rings is 2. The van der Waals surface area contributed by atoms with Gasteiger partial charge in [-0.25, -0.2) is 9.97 Å². The van der Waals surface area contributed by atoms with E-state index < -0.39 is 5.91 Å². The summed E-state index contributed by atoms with van der Waals surface area (Å²) in [6, 6.07) is 23.5. The van der Waals surface area contributed by atoms with E-state index in [0.717, 1.165) is 50.2 Å². The van der Waals surface area contributed by atoms with Crippen molar-refractivity contribution < 1.29 is 9.21 Å². The number of hydrogen-bond acceptors (Lipinski definition) is 7. The normalized spacial score (nSPS) is 11.3. The summed E-state index contributed by atoms with van der Waals surface area (Å²) in [6.07, 6.45) is 6.63. The van der Waals surface area contributed by atoms with E-state index in [1.165, 1.54) is 0 Å². The number of fused-ring (bicyclic) bond motifs is 3. The minimum Gasteiger partial charge on any atom is -0.446 e. The van der Waals surface area contributed by atoms with Crippen LogP contribution < -0.4 is 16.4 Å². The predicted octanol–water partition coefficient (Wildman–Crippen LogP) is 6.18. The van der Waals surface area contributed by atoms with E-state index in [1.54, 1.807) is 30.7 Å². The van der Waals surface area contributed by atoms with Crippen LogP contribution in [0.15, 0.2) is 95.8 Å². The van der Waals surface area contributed by atoms with Gasteiger partial charge < -0.3 is 20.8 Å². The van der Waals surface area contributed by atoms with Gasteiger partial charge in [0.2, 0.25) is 5.91 Å². The number of amides is 1. The molecule has 6 rings (SSSR count). The lowest BCUT2D eigenvalue weighted by Gasteiger charge is -2.11. The molecular formula is C33H29ClN6O2. The van der Waals surface area contributed by atoms with E-state index >= 15 is 0 Å². The topological polar surface area (TPSA) is 119 Å². The van der Waals surface area contributed by atoms with Crippen LogP contribution in [0, 0.1) is 0 Å². The Bertz CT molecular complexity index is 1870. The Labute approximate surface area is 248 Å². The molecule has 6 aromatic rings. The zero-order valence-corrected chi connectivity index (χ0v) is 23.6. The Balaban J connectivity index is 1.02. The molecular weight excluding hydrogens is 548 g/mol. The van der Waals surface area contributed by atoms with Crippen LogP contribution in [0.2, 0.25) is 5.02 Å². The van der Waals surface area contributed by atoms with Crippen molar-refractivity contribution in [1.29, 1.82) is 0 Å². The molecule has 0 spiro atoms. The average Bonchev–Trinajstić information content (AvgIpc) is 3.47. The summed E-state index contributed by atoms with van der Waals surface area (Å²) in [5.74, 6) is 1.71. The molecule has 0 bridgehead atoms. The van der Waals surface area contributed by atoms with E-state index in [0.29, 0.717) is 48.7 Å². The Kier molecular flexibility index (Phi) is 8.07. The molecule has 3 aromatic carbocycles. The van der Waals surface area contributed by atoms with E-state index in [4.69, 9.17) is 26.7 Å². The summed E-state index contributed by atoms with van der Waals surface area (Å²) in [7, 11) is 0. The number of carbonyl (C=O) groups excluding carboxylic acids is 1. The Morgan fingerprint density at radius 2 is 1.79 bits per heavy atom. The number of carbonyl (C=O) groups is 1. The predicted molar refractivity (Wildman–Crippen MR) is 167 cm³/mol. The summed E-state index contributed by atoms with van der Waals surface area (Å²) in [6.45, 7) is 2.03. The molecule has 1 amide bonds. The largest absolute Gasteiger partial charge is 0.446 e. The first-order valence-electron chi connectivity index (χ1n) is 13.7. The van der Waals surface area contributed by atoms with Crippen molar-refractivity contribution in [3.05, 3.63) is 119 Å². The van der Waals surface area contributed by atoms with Crippen LogP contribution in [-0.2, 0) is 19.4 Å². The molecule has 9 heteroatoms. The third-order valence-electron chi connectivity index (χ3n) is 7.11. The number of anilines is 1. The fourth-order valence-electron chi connectivity index (χ4n) is 4.97. The Hall–Kier alpha value is -4.79. The Morgan fingerprint density at radius 1 is 0.905 bits per heavy atom. The molecule has 3 aromatic heterocycles. The van der Waals surface area contributed by atoms with Gasteiger partial charge >= 0.3 is 0 Å². The molecule has 0 fully saturated rings. The molecule has 0 aliphatic rings. The number of oxazole rings is 1. The van der Waals surface area contributed by atoms with Gasteiger partial charge in [0, 0.05) is 77.2 Å². The quantitative estimate of drug-likeness (QED) is 0.124. The van der Waals surface area contributed by atoms with Crippen LogP contribution in [0.3, 0.4) is 0 Å². The first-order valence-corrected chi connectivity index (χ1v) is 14.1. The second-order valence-electron chi connectivity index (χ2n) is 9.98. The van der Waals surface area contributed by atoms with Gasteiger partial charge in [-0.05, 0) is 35.4 Å². The van der Waals surface area contributed by atoms with Gasteiger partial charge in [0.25, 0.3) is 0 Å². The van der Waals surface area contributed by atoms with Gasteiger partial charge in [-0.1, -0.05) is 60.1 Å². The van der Waals surface area contributed by atoms with Crippen LogP contribution in [0.5, 0.6) is 0 Å². The third-order valence-corrected chi connectivity index (χ3v) is 7.42. The van der Waals surface area contributed by atoms with Crippen molar-refractivity contribution in [2.24, 2.45) is 5.73 Å². The zero-order chi connectivity index (χ0) is 28.9. The molecule has 3 heterocycles. The van der Waals surface area contributed by atoms with Crippen LogP contribution in [0.1, 0.15) is 27.6 Å². The SMILES string of the molecule is NC(=O)c1ccc2c(c1)nc(NCCc1cnc(CCNCc3ccc(-c4ccccc4)c(Cl)c3)o1)c1ccncc12.